The number of rotatable bonds is 3. The van der Waals surface area contributed by atoms with Gasteiger partial charge in [0.1, 0.15) is 11.6 Å². The van der Waals surface area contributed by atoms with Crippen LogP contribution < -0.4 is 0 Å². The molecule has 0 radical (unpaired) electrons. The van der Waals surface area contributed by atoms with Crippen molar-refractivity contribution in [3.63, 3.8) is 0 Å². The lowest BCUT2D eigenvalue weighted by Crippen LogP contribution is -2.07. The number of carbonyl (C=O) groups excluding carboxylic acids is 1. The molecule has 0 N–H and O–H groups in total. The van der Waals surface area contributed by atoms with Gasteiger partial charge in [0.2, 0.25) is 0 Å². The highest BCUT2D eigenvalue weighted by Gasteiger charge is 2.14. The summed E-state index contributed by atoms with van der Waals surface area (Å²) in [5, 5.41) is 0.282. The van der Waals surface area contributed by atoms with Crippen LogP contribution >= 0.6 is 34.2 Å². The van der Waals surface area contributed by atoms with Gasteiger partial charge in [0.05, 0.1) is 0 Å². The Morgan fingerprint density at radius 1 is 1.16 bits per heavy atom. The monoisotopic (exact) mass is 392 g/mol. The van der Waals surface area contributed by atoms with Gasteiger partial charge in [-0.25, -0.2) is 8.78 Å². The topological polar surface area (TPSA) is 17.1 Å². The number of hydrogen-bond donors (Lipinski definition) is 0. The van der Waals surface area contributed by atoms with Crippen molar-refractivity contribution < 1.29 is 13.6 Å². The molecule has 5 heteroatoms. The Bertz CT molecular complexity index is 643. The molecule has 0 aromatic heterocycles. The Morgan fingerprint density at radius 3 is 2.53 bits per heavy atom. The molecular weight excluding hydrogens is 385 g/mol. The van der Waals surface area contributed by atoms with Crippen LogP contribution in [0.15, 0.2) is 36.4 Å². The molecular formula is C14H8ClF2IO. The quantitative estimate of drug-likeness (QED) is 0.549. The third-order valence-electron chi connectivity index (χ3n) is 2.60. The van der Waals surface area contributed by atoms with Crippen LogP contribution in [0.3, 0.4) is 0 Å². The molecule has 19 heavy (non-hydrogen) atoms. The number of hydrogen-bond acceptors (Lipinski definition) is 1. The van der Waals surface area contributed by atoms with Gasteiger partial charge in [-0.2, -0.15) is 0 Å². The van der Waals surface area contributed by atoms with E-state index >= 15 is 0 Å². The molecule has 1 nitrogen and oxygen atoms in total. The molecule has 0 aliphatic heterocycles. The fraction of sp³-hybridized carbons (Fsp3) is 0.0714. The van der Waals surface area contributed by atoms with Crippen molar-refractivity contribution >= 4 is 40.0 Å². The van der Waals surface area contributed by atoms with Crippen LogP contribution in [-0.4, -0.2) is 5.78 Å². The van der Waals surface area contributed by atoms with Gasteiger partial charge in [-0.1, -0.05) is 17.7 Å². The van der Waals surface area contributed by atoms with Gasteiger partial charge < -0.3 is 0 Å². The number of carbonyl (C=O) groups is 1. The van der Waals surface area contributed by atoms with Crippen LogP contribution in [0.25, 0.3) is 0 Å². The second-order valence-electron chi connectivity index (χ2n) is 3.96. The lowest BCUT2D eigenvalue weighted by molar-refractivity contribution is 0.0991. The average Bonchev–Trinajstić information content (AvgIpc) is 2.32. The standard InChI is InChI=1S/C14H8ClF2IO/c15-9-2-1-8(12(17)6-9)5-14(19)11-4-3-10(16)7-13(11)18/h1-4,6-7H,5H2. The summed E-state index contributed by atoms with van der Waals surface area (Å²) in [6.07, 6.45) is -0.0787. The zero-order chi connectivity index (χ0) is 14.0. The number of ketones is 1. The van der Waals surface area contributed by atoms with Crippen LogP contribution in [0, 0.1) is 15.2 Å². The molecule has 0 bridgehead atoms. The summed E-state index contributed by atoms with van der Waals surface area (Å²) in [5.74, 6) is -1.18. The fourth-order valence-corrected chi connectivity index (χ4v) is 2.59. The summed E-state index contributed by atoms with van der Waals surface area (Å²) in [6.45, 7) is 0. The van der Waals surface area contributed by atoms with Crippen LogP contribution in [0.5, 0.6) is 0 Å². The van der Waals surface area contributed by atoms with E-state index in [0.717, 1.165) is 0 Å². The van der Waals surface area contributed by atoms with E-state index in [2.05, 4.69) is 0 Å². The smallest absolute Gasteiger partial charge is 0.168 e. The van der Waals surface area contributed by atoms with E-state index in [1.807, 2.05) is 22.6 Å². The van der Waals surface area contributed by atoms with Crippen LogP contribution in [0.2, 0.25) is 5.02 Å². The molecule has 0 amide bonds. The molecule has 0 saturated heterocycles. The average molecular weight is 393 g/mol. The van der Waals surface area contributed by atoms with Gasteiger partial charge in [0.15, 0.2) is 5.78 Å². The number of benzene rings is 2. The highest BCUT2D eigenvalue weighted by atomic mass is 127. The second-order valence-corrected chi connectivity index (χ2v) is 5.56. The van der Waals surface area contributed by atoms with E-state index in [-0.39, 0.29) is 22.8 Å². The minimum absolute atomic E-state index is 0.0787. The number of halogens is 4. The Hall–Kier alpha value is -1.01. The Balaban J connectivity index is 2.25. The van der Waals surface area contributed by atoms with Gasteiger partial charge in [0, 0.05) is 20.6 Å². The highest BCUT2D eigenvalue weighted by Crippen LogP contribution is 2.19. The van der Waals surface area contributed by atoms with Gasteiger partial charge in [0.25, 0.3) is 0 Å². The molecule has 0 unspecified atom stereocenters. The first-order chi connectivity index (χ1) is 8.97. The van der Waals surface area contributed by atoms with E-state index in [0.29, 0.717) is 9.13 Å². The van der Waals surface area contributed by atoms with Crippen molar-refractivity contribution in [2.45, 2.75) is 6.42 Å². The normalized spacial score (nSPS) is 10.5. The minimum Gasteiger partial charge on any atom is -0.294 e. The second kappa shape index (κ2) is 5.96. The van der Waals surface area contributed by atoms with E-state index in [4.69, 9.17) is 11.6 Å². The van der Waals surface area contributed by atoms with Crippen LogP contribution in [0.1, 0.15) is 15.9 Å². The SMILES string of the molecule is O=C(Cc1ccc(Cl)cc1F)c1ccc(F)cc1I. The molecule has 0 atom stereocenters. The maximum absolute atomic E-state index is 13.6. The largest absolute Gasteiger partial charge is 0.294 e. The zero-order valence-corrected chi connectivity index (χ0v) is 12.5. The molecule has 2 aromatic rings. The molecule has 0 saturated carbocycles. The summed E-state index contributed by atoms with van der Waals surface area (Å²) in [6, 6.07) is 8.07. The van der Waals surface area contributed by atoms with Gasteiger partial charge in [-0.3, -0.25) is 4.79 Å². The van der Waals surface area contributed by atoms with Crippen molar-refractivity contribution in [3.8, 4) is 0 Å². The Morgan fingerprint density at radius 2 is 1.89 bits per heavy atom. The molecule has 0 aliphatic carbocycles. The predicted molar refractivity (Wildman–Crippen MR) is 78.6 cm³/mol. The maximum Gasteiger partial charge on any atom is 0.168 e. The minimum atomic E-state index is -0.516. The van der Waals surface area contributed by atoms with Crippen molar-refractivity contribution in [2.75, 3.05) is 0 Å². The van der Waals surface area contributed by atoms with E-state index in [9.17, 15) is 13.6 Å². The molecule has 0 aliphatic rings. The Kier molecular flexibility index (Phi) is 4.52. The third kappa shape index (κ3) is 3.51. The van der Waals surface area contributed by atoms with E-state index in [1.54, 1.807) is 0 Å². The maximum atomic E-state index is 13.6. The molecule has 2 rings (SSSR count). The zero-order valence-electron chi connectivity index (χ0n) is 9.59. The summed E-state index contributed by atoms with van der Waals surface area (Å²) in [5.41, 5.74) is 0.658. The molecule has 0 fully saturated rings. The molecule has 0 heterocycles. The first-order valence-electron chi connectivity index (χ1n) is 5.39. The van der Waals surface area contributed by atoms with Crippen LogP contribution in [-0.2, 0) is 6.42 Å². The summed E-state index contributed by atoms with van der Waals surface area (Å²) in [4.78, 5) is 12.1. The summed E-state index contributed by atoms with van der Waals surface area (Å²) < 4.78 is 27.1. The Labute approximate surface area is 127 Å². The van der Waals surface area contributed by atoms with Crippen molar-refractivity contribution in [2.24, 2.45) is 0 Å². The molecule has 2 aromatic carbocycles. The van der Waals surface area contributed by atoms with Crippen molar-refractivity contribution in [1.82, 2.24) is 0 Å². The number of Topliss-reactive ketones (excluding diaryl/α,β-unsaturated/α-hetero) is 1. The lowest BCUT2D eigenvalue weighted by atomic mass is 10.0. The van der Waals surface area contributed by atoms with Crippen molar-refractivity contribution in [3.05, 3.63) is 67.8 Å². The molecule has 98 valence electrons. The van der Waals surface area contributed by atoms with Crippen LogP contribution in [0.4, 0.5) is 8.78 Å². The van der Waals surface area contributed by atoms with Gasteiger partial charge in [-0.05, 0) is 58.5 Å². The first-order valence-corrected chi connectivity index (χ1v) is 6.85. The van der Waals surface area contributed by atoms with Crippen molar-refractivity contribution in [1.29, 1.82) is 0 Å². The lowest BCUT2D eigenvalue weighted by Gasteiger charge is -2.05. The summed E-state index contributed by atoms with van der Waals surface area (Å²) in [7, 11) is 0. The highest BCUT2D eigenvalue weighted by molar-refractivity contribution is 14.1. The summed E-state index contributed by atoms with van der Waals surface area (Å²) >= 11 is 7.53. The third-order valence-corrected chi connectivity index (χ3v) is 3.73. The van der Waals surface area contributed by atoms with Gasteiger partial charge >= 0.3 is 0 Å². The van der Waals surface area contributed by atoms with E-state index < -0.39 is 11.6 Å². The fourth-order valence-electron chi connectivity index (χ4n) is 1.65. The van der Waals surface area contributed by atoms with Gasteiger partial charge in [-0.15, -0.1) is 0 Å². The van der Waals surface area contributed by atoms with E-state index in [1.165, 1.54) is 36.4 Å². The molecule has 0 spiro atoms. The predicted octanol–water partition coefficient (Wildman–Crippen LogP) is 4.65. The first kappa shape index (κ1) is 14.4.